The number of pyridine rings is 1. The molecule has 0 unspecified atom stereocenters. The summed E-state index contributed by atoms with van der Waals surface area (Å²) in [4.78, 5) is 31.5. The maximum absolute atomic E-state index is 13.8. The van der Waals surface area contributed by atoms with Crippen LogP contribution in [0.5, 0.6) is 0 Å². The van der Waals surface area contributed by atoms with Gasteiger partial charge < -0.3 is 15.1 Å². The standard InChI is InChI=1S/C17H16ClFN4O2/c18-15-13(5-3-7-20-15)21-16(24)17(25)23-10-8-22(9-11-23)14-6-2-1-4-12(14)19/h1-7H,8-11H2,(H,21,24). The van der Waals surface area contributed by atoms with Crippen molar-refractivity contribution in [2.75, 3.05) is 36.4 Å². The molecule has 3 rings (SSSR count). The first-order chi connectivity index (χ1) is 12.1. The molecule has 1 aliphatic heterocycles. The Bertz CT molecular complexity index is 794. The number of aromatic nitrogens is 1. The summed E-state index contributed by atoms with van der Waals surface area (Å²) in [5.74, 6) is -1.71. The van der Waals surface area contributed by atoms with Gasteiger partial charge in [0, 0.05) is 32.4 Å². The summed E-state index contributed by atoms with van der Waals surface area (Å²) >= 11 is 5.87. The lowest BCUT2D eigenvalue weighted by Crippen LogP contribution is -2.51. The van der Waals surface area contributed by atoms with Crippen LogP contribution < -0.4 is 10.2 Å². The van der Waals surface area contributed by atoms with E-state index in [1.54, 1.807) is 30.3 Å². The molecule has 2 amide bonds. The van der Waals surface area contributed by atoms with Crippen molar-refractivity contribution in [3.63, 3.8) is 0 Å². The van der Waals surface area contributed by atoms with E-state index in [0.29, 0.717) is 31.9 Å². The molecule has 1 aromatic carbocycles. The van der Waals surface area contributed by atoms with E-state index >= 15 is 0 Å². The zero-order valence-electron chi connectivity index (χ0n) is 13.3. The van der Waals surface area contributed by atoms with Crippen LogP contribution in [0.15, 0.2) is 42.6 Å². The molecule has 2 aromatic rings. The van der Waals surface area contributed by atoms with Gasteiger partial charge in [0.1, 0.15) is 5.82 Å². The third kappa shape index (κ3) is 3.88. The van der Waals surface area contributed by atoms with Crippen LogP contribution >= 0.6 is 11.6 Å². The number of hydrogen-bond acceptors (Lipinski definition) is 4. The fourth-order valence-electron chi connectivity index (χ4n) is 2.66. The molecular formula is C17H16ClFN4O2. The minimum Gasteiger partial charge on any atom is -0.366 e. The van der Waals surface area contributed by atoms with Crippen molar-refractivity contribution < 1.29 is 14.0 Å². The predicted molar refractivity (Wildman–Crippen MR) is 93.1 cm³/mol. The fourth-order valence-corrected chi connectivity index (χ4v) is 2.82. The molecule has 6 nitrogen and oxygen atoms in total. The number of anilines is 2. The lowest BCUT2D eigenvalue weighted by atomic mass is 10.2. The molecule has 0 atom stereocenters. The highest BCUT2D eigenvalue weighted by atomic mass is 35.5. The molecule has 1 N–H and O–H groups in total. The molecular weight excluding hydrogens is 347 g/mol. The number of carbonyl (C=O) groups is 2. The van der Waals surface area contributed by atoms with Crippen LogP contribution in [-0.2, 0) is 9.59 Å². The largest absolute Gasteiger partial charge is 0.366 e. The van der Waals surface area contributed by atoms with Crippen molar-refractivity contribution in [2.45, 2.75) is 0 Å². The summed E-state index contributed by atoms with van der Waals surface area (Å²) in [7, 11) is 0. The van der Waals surface area contributed by atoms with Crippen molar-refractivity contribution in [2.24, 2.45) is 0 Å². The van der Waals surface area contributed by atoms with Crippen LogP contribution in [0.25, 0.3) is 0 Å². The van der Waals surface area contributed by atoms with E-state index in [4.69, 9.17) is 11.6 Å². The quantitative estimate of drug-likeness (QED) is 0.657. The lowest BCUT2D eigenvalue weighted by Gasteiger charge is -2.35. The molecule has 0 radical (unpaired) electrons. The number of benzene rings is 1. The van der Waals surface area contributed by atoms with Gasteiger partial charge in [0.15, 0.2) is 5.15 Å². The van der Waals surface area contributed by atoms with Crippen molar-refractivity contribution >= 4 is 34.8 Å². The summed E-state index contributed by atoms with van der Waals surface area (Å²) in [6.07, 6.45) is 1.49. The zero-order chi connectivity index (χ0) is 17.8. The molecule has 130 valence electrons. The molecule has 1 aliphatic rings. The monoisotopic (exact) mass is 362 g/mol. The van der Waals surface area contributed by atoms with E-state index in [9.17, 15) is 14.0 Å². The van der Waals surface area contributed by atoms with Gasteiger partial charge >= 0.3 is 11.8 Å². The topological polar surface area (TPSA) is 65.5 Å². The number of halogens is 2. The lowest BCUT2D eigenvalue weighted by molar-refractivity contribution is -0.143. The first-order valence-electron chi connectivity index (χ1n) is 7.76. The van der Waals surface area contributed by atoms with Gasteiger partial charge in [-0.3, -0.25) is 9.59 Å². The molecule has 2 heterocycles. The van der Waals surface area contributed by atoms with Gasteiger partial charge in [-0.2, -0.15) is 0 Å². The molecule has 8 heteroatoms. The van der Waals surface area contributed by atoms with E-state index in [0.717, 1.165) is 0 Å². The Hall–Kier alpha value is -2.67. The van der Waals surface area contributed by atoms with Gasteiger partial charge in [0.25, 0.3) is 0 Å². The second-order valence-electron chi connectivity index (χ2n) is 5.53. The molecule has 1 saturated heterocycles. The van der Waals surface area contributed by atoms with Crippen molar-refractivity contribution in [3.05, 3.63) is 53.6 Å². The van der Waals surface area contributed by atoms with Crippen LogP contribution in [0.3, 0.4) is 0 Å². The molecule has 1 aromatic heterocycles. The SMILES string of the molecule is O=C(Nc1cccnc1Cl)C(=O)N1CCN(c2ccccc2F)CC1. The molecule has 1 fully saturated rings. The molecule has 0 bridgehead atoms. The second kappa shape index (κ2) is 7.48. The highest BCUT2D eigenvalue weighted by molar-refractivity contribution is 6.41. The number of carbonyl (C=O) groups excluding carboxylic acids is 2. The van der Waals surface area contributed by atoms with Crippen LogP contribution in [0.2, 0.25) is 5.15 Å². The third-order valence-corrected chi connectivity index (χ3v) is 4.26. The Balaban J connectivity index is 1.59. The average molecular weight is 363 g/mol. The predicted octanol–water partition coefficient (Wildman–Crippen LogP) is 2.16. The fraction of sp³-hybridized carbons (Fsp3) is 0.235. The number of amides is 2. The summed E-state index contributed by atoms with van der Waals surface area (Å²) < 4.78 is 13.8. The van der Waals surface area contributed by atoms with Gasteiger partial charge in [-0.1, -0.05) is 23.7 Å². The Labute approximate surface area is 149 Å². The molecule has 0 spiro atoms. The van der Waals surface area contributed by atoms with Gasteiger partial charge in [-0.15, -0.1) is 0 Å². The van der Waals surface area contributed by atoms with Crippen LogP contribution in [0.1, 0.15) is 0 Å². The summed E-state index contributed by atoms with van der Waals surface area (Å²) in [5.41, 5.74) is 0.786. The first-order valence-corrected chi connectivity index (χ1v) is 8.14. The Kier molecular flexibility index (Phi) is 5.14. The van der Waals surface area contributed by atoms with Crippen LogP contribution in [-0.4, -0.2) is 47.9 Å². The summed E-state index contributed by atoms with van der Waals surface area (Å²) in [5, 5.41) is 2.58. The summed E-state index contributed by atoms with van der Waals surface area (Å²) in [6, 6.07) is 9.67. The van der Waals surface area contributed by atoms with E-state index in [1.807, 2.05) is 4.90 Å². The van der Waals surface area contributed by atoms with Gasteiger partial charge in [-0.05, 0) is 24.3 Å². The number of para-hydroxylation sites is 1. The number of rotatable bonds is 2. The Morgan fingerprint density at radius 3 is 2.48 bits per heavy atom. The highest BCUT2D eigenvalue weighted by Crippen LogP contribution is 2.21. The number of nitrogens with zero attached hydrogens (tertiary/aromatic N) is 3. The van der Waals surface area contributed by atoms with Crippen LogP contribution in [0.4, 0.5) is 15.8 Å². The van der Waals surface area contributed by atoms with Crippen LogP contribution in [0, 0.1) is 5.82 Å². The average Bonchev–Trinajstić information content (AvgIpc) is 2.63. The third-order valence-electron chi connectivity index (χ3n) is 3.96. The number of nitrogens with one attached hydrogen (secondary N) is 1. The minimum absolute atomic E-state index is 0.119. The minimum atomic E-state index is -0.769. The van der Waals surface area contributed by atoms with E-state index in [2.05, 4.69) is 10.3 Å². The zero-order valence-corrected chi connectivity index (χ0v) is 14.0. The molecule has 25 heavy (non-hydrogen) atoms. The van der Waals surface area contributed by atoms with Gasteiger partial charge in [0.2, 0.25) is 0 Å². The first kappa shape index (κ1) is 17.2. The number of hydrogen-bond donors (Lipinski definition) is 1. The van der Waals surface area contributed by atoms with Gasteiger partial charge in [-0.25, -0.2) is 9.37 Å². The number of piperazine rings is 1. The molecule has 0 saturated carbocycles. The smallest absolute Gasteiger partial charge is 0.313 e. The van der Waals surface area contributed by atoms with E-state index in [1.165, 1.54) is 17.2 Å². The normalized spacial score (nSPS) is 14.3. The Morgan fingerprint density at radius 1 is 1.08 bits per heavy atom. The van der Waals surface area contributed by atoms with Crippen molar-refractivity contribution in [1.29, 1.82) is 0 Å². The van der Waals surface area contributed by atoms with E-state index < -0.39 is 11.8 Å². The van der Waals surface area contributed by atoms with Gasteiger partial charge in [0.05, 0.1) is 11.4 Å². The second-order valence-corrected chi connectivity index (χ2v) is 5.88. The molecule has 0 aliphatic carbocycles. The maximum atomic E-state index is 13.8. The van der Waals surface area contributed by atoms with Crippen molar-refractivity contribution in [1.82, 2.24) is 9.88 Å². The summed E-state index contributed by atoms with van der Waals surface area (Å²) in [6.45, 7) is 1.57. The van der Waals surface area contributed by atoms with E-state index in [-0.39, 0.29) is 16.7 Å². The maximum Gasteiger partial charge on any atom is 0.313 e. The highest BCUT2D eigenvalue weighted by Gasteiger charge is 2.27. The Morgan fingerprint density at radius 2 is 1.80 bits per heavy atom. The van der Waals surface area contributed by atoms with Crippen molar-refractivity contribution in [3.8, 4) is 0 Å².